The van der Waals surface area contributed by atoms with Crippen LogP contribution in [-0.4, -0.2) is 67.3 Å². The third-order valence-corrected chi connectivity index (χ3v) is 8.33. The van der Waals surface area contributed by atoms with Crippen molar-refractivity contribution in [2.75, 3.05) is 32.7 Å². The van der Waals surface area contributed by atoms with Crippen LogP contribution in [0.4, 0.5) is 0 Å². The first-order chi connectivity index (χ1) is 14.9. The molecule has 9 heteroatoms. The molecular formula is C22H30N4O4S. The fraction of sp³-hybridized carbons (Fsp3) is 0.545. The first kappa shape index (κ1) is 22.0. The SMILES string of the molecule is C[C@H]1CCCCN1S(=O)(=O)c1ccc2[nH]c(=O)cc(C(=O)NCCN3CCCC3)c2c1. The number of pyridine rings is 1. The highest BCUT2D eigenvalue weighted by atomic mass is 32.2. The van der Waals surface area contributed by atoms with Crippen molar-refractivity contribution in [2.24, 2.45) is 0 Å². The third-order valence-electron chi connectivity index (χ3n) is 6.32. The van der Waals surface area contributed by atoms with Gasteiger partial charge in [-0.2, -0.15) is 4.31 Å². The summed E-state index contributed by atoms with van der Waals surface area (Å²) in [6.45, 7) is 5.75. The molecule has 4 rings (SSSR count). The van der Waals surface area contributed by atoms with Crippen molar-refractivity contribution in [3.05, 3.63) is 40.2 Å². The molecule has 2 N–H and O–H groups in total. The smallest absolute Gasteiger partial charge is 0.252 e. The van der Waals surface area contributed by atoms with Gasteiger partial charge < -0.3 is 15.2 Å². The highest BCUT2D eigenvalue weighted by Crippen LogP contribution is 2.27. The zero-order valence-electron chi connectivity index (χ0n) is 17.9. The molecule has 1 aromatic heterocycles. The van der Waals surface area contributed by atoms with Gasteiger partial charge in [-0.25, -0.2) is 8.42 Å². The predicted octanol–water partition coefficient (Wildman–Crippen LogP) is 1.92. The fourth-order valence-electron chi connectivity index (χ4n) is 4.57. The summed E-state index contributed by atoms with van der Waals surface area (Å²) < 4.78 is 28.1. The van der Waals surface area contributed by atoms with E-state index in [-0.39, 0.29) is 22.4 Å². The third kappa shape index (κ3) is 4.68. The number of sulfonamides is 1. The maximum atomic E-state index is 13.3. The van der Waals surface area contributed by atoms with Crippen molar-refractivity contribution in [2.45, 2.75) is 50.0 Å². The van der Waals surface area contributed by atoms with Crippen molar-refractivity contribution in [3.8, 4) is 0 Å². The quantitative estimate of drug-likeness (QED) is 0.706. The van der Waals surface area contributed by atoms with Gasteiger partial charge in [0.05, 0.1) is 10.5 Å². The van der Waals surface area contributed by atoms with Crippen LogP contribution in [0, 0.1) is 0 Å². The second-order valence-corrected chi connectivity index (χ2v) is 10.4. The summed E-state index contributed by atoms with van der Waals surface area (Å²) in [5, 5.41) is 3.31. The van der Waals surface area contributed by atoms with E-state index in [0.717, 1.165) is 38.9 Å². The Morgan fingerprint density at radius 1 is 1.13 bits per heavy atom. The van der Waals surface area contributed by atoms with Crippen molar-refractivity contribution in [1.29, 1.82) is 0 Å². The van der Waals surface area contributed by atoms with Gasteiger partial charge in [0.1, 0.15) is 0 Å². The number of nitrogens with one attached hydrogen (secondary N) is 2. The van der Waals surface area contributed by atoms with Crippen molar-refractivity contribution >= 4 is 26.8 Å². The lowest BCUT2D eigenvalue weighted by Crippen LogP contribution is -2.41. The van der Waals surface area contributed by atoms with Gasteiger partial charge in [0.25, 0.3) is 5.91 Å². The highest BCUT2D eigenvalue weighted by Gasteiger charge is 2.31. The standard InChI is InChI=1S/C22H30N4O4S/c1-16-6-2-3-12-26(16)31(29,30)17-7-8-20-18(14-17)19(15-21(27)24-20)22(28)23-9-13-25-10-4-5-11-25/h7-8,14-16H,2-6,9-13H2,1H3,(H,23,28)(H,24,27)/t16-/m0/s1. The number of aromatic nitrogens is 1. The topological polar surface area (TPSA) is 103 Å². The molecule has 0 saturated carbocycles. The minimum atomic E-state index is -3.68. The molecule has 0 bridgehead atoms. The van der Waals surface area contributed by atoms with E-state index in [0.29, 0.717) is 24.0 Å². The maximum absolute atomic E-state index is 13.3. The molecule has 2 saturated heterocycles. The lowest BCUT2D eigenvalue weighted by Gasteiger charge is -2.32. The van der Waals surface area contributed by atoms with Crippen LogP contribution in [0.2, 0.25) is 0 Å². The van der Waals surface area contributed by atoms with E-state index in [1.165, 1.54) is 31.0 Å². The Balaban J connectivity index is 1.62. The minimum Gasteiger partial charge on any atom is -0.351 e. The molecule has 1 atom stereocenters. The summed E-state index contributed by atoms with van der Waals surface area (Å²) in [7, 11) is -3.68. The number of nitrogens with zero attached hydrogens (tertiary/aromatic N) is 2. The number of likely N-dealkylation sites (tertiary alicyclic amines) is 1. The lowest BCUT2D eigenvalue weighted by atomic mass is 10.1. The number of hydrogen-bond donors (Lipinski definition) is 2. The largest absolute Gasteiger partial charge is 0.351 e. The number of carbonyl (C=O) groups is 1. The zero-order chi connectivity index (χ0) is 22.0. The second-order valence-electron chi connectivity index (χ2n) is 8.52. The molecule has 168 valence electrons. The first-order valence-electron chi connectivity index (χ1n) is 11.1. The Kier molecular flexibility index (Phi) is 6.45. The summed E-state index contributed by atoms with van der Waals surface area (Å²) >= 11 is 0. The van der Waals surface area contributed by atoms with Crippen molar-refractivity contribution in [3.63, 3.8) is 0 Å². The van der Waals surface area contributed by atoms with Crippen LogP contribution >= 0.6 is 0 Å². The molecule has 2 aliphatic rings. The normalized spacial score (nSPS) is 20.9. The van der Waals surface area contributed by atoms with Gasteiger partial charge in [-0.05, 0) is 63.9 Å². The first-order valence-corrected chi connectivity index (χ1v) is 12.5. The summed E-state index contributed by atoms with van der Waals surface area (Å²) in [4.78, 5) is 30.1. The average molecular weight is 447 g/mol. The molecule has 0 unspecified atom stereocenters. The number of piperidine rings is 1. The molecule has 0 spiro atoms. The van der Waals surface area contributed by atoms with Crippen LogP contribution < -0.4 is 10.9 Å². The summed E-state index contributed by atoms with van der Waals surface area (Å²) in [6.07, 6.45) is 5.06. The van der Waals surface area contributed by atoms with Crippen LogP contribution in [0.3, 0.4) is 0 Å². The fourth-order valence-corrected chi connectivity index (χ4v) is 6.30. The van der Waals surface area contributed by atoms with E-state index in [1.54, 1.807) is 10.4 Å². The molecule has 0 aliphatic carbocycles. The van der Waals surface area contributed by atoms with Gasteiger partial charge in [-0.15, -0.1) is 0 Å². The van der Waals surface area contributed by atoms with Gasteiger partial charge in [0.15, 0.2) is 0 Å². The van der Waals surface area contributed by atoms with E-state index >= 15 is 0 Å². The van der Waals surface area contributed by atoms with Crippen molar-refractivity contribution < 1.29 is 13.2 Å². The Bertz CT molecular complexity index is 1120. The highest BCUT2D eigenvalue weighted by molar-refractivity contribution is 7.89. The number of carbonyl (C=O) groups excluding carboxylic acids is 1. The molecular weight excluding hydrogens is 416 g/mol. The molecule has 2 fully saturated rings. The van der Waals surface area contributed by atoms with Gasteiger partial charge >= 0.3 is 0 Å². The number of rotatable bonds is 6. The van der Waals surface area contributed by atoms with Crippen LogP contribution in [0.1, 0.15) is 49.4 Å². The van der Waals surface area contributed by atoms with Crippen molar-refractivity contribution in [1.82, 2.24) is 19.5 Å². The lowest BCUT2D eigenvalue weighted by molar-refractivity contribution is 0.0951. The number of amides is 1. The monoisotopic (exact) mass is 446 g/mol. The Morgan fingerprint density at radius 3 is 2.61 bits per heavy atom. The van der Waals surface area contributed by atoms with E-state index in [2.05, 4.69) is 15.2 Å². The average Bonchev–Trinajstić information content (AvgIpc) is 3.26. The van der Waals surface area contributed by atoms with Gasteiger partial charge in [-0.1, -0.05) is 6.42 Å². The molecule has 1 amide bonds. The van der Waals surface area contributed by atoms with Crippen LogP contribution in [0.15, 0.2) is 34.0 Å². The molecule has 31 heavy (non-hydrogen) atoms. The van der Waals surface area contributed by atoms with Crippen LogP contribution in [0.5, 0.6) is 0 Å². The molecule has 2 aliphatic heterocycles. The number of benzene rings is 1. The molecule has 8 nitrogen and oxygen atoms in total. The number of hydrogen-bond acceptors (Lipinski definition) is 5. The van der Waals surface area contributed by atoms with Crippen LogP contribution in [-0.2, 0) is 10.0 Å². The van der Waals surface area contributed by atoms with Gasteiger partial charge in [-0.3, -0.25) is 9.59 Å². The van der Waals surface area contributed by atoms with Gasteiger partial charge in [0.2, 0.25) is 15.6 Å². The molecule has 1 aromatic carbocycles. The second kappa shape index (κ2) is 9.10. The van der Waals surface area contributed by atoms with Gasteiger partial charge in [0, 0.05) is 42.6 Å². The number of fused-ring (bicyclic) bond motifs is 1. The Morgan fingerprint density at radius 2 is 1.87 bits per heavy atom. The summed E-state index contributed by atoms with van der Waals surface area (Å²) in [5.41, 5.74) is 0.254. The molecule has 0 radical (unpaired) electrons. The zero-order valence-corrected chi connectivity index (χ0v) is 18.7. The number of H-pyrrole nitrogens is 1. The minimum absolute atomic E-state index is 0.0571. The maximum Gasteiger partial charge on any atom is 0.252 e. The van der Waals surface area contributed by atoms with Crippen LogP contribution in [0.25, 0.3) is 10.9 Å². The molecule has 2 aromatic rings. The number of aromatic amines is 1. The van der Waals surface area contributed by atoms with E-state index in [1.807, 2.05) is 6.92 Å². The van der Waals surface area contributed by atoms with E-state index < -0.39 is 15.6 Å². The van der Waals surface area contributed by atoms with E-state index in [4.69, 9.17) is 0 Å². The summed E-state index contributed by atoms with van der Waals surface area (Å²) in [6, 6.07) is 5.77. The molecule has 3 heterocycles. The van der Waals surface area contributed by atoms with E-state index in [9.17, 15) is 18.0 Å². The summed E-state index contributed by atoms with van der Waals surface area (Å²) in [5.74, 6) is -0.365. The Hall–Kier alpha value is -2.23. The predicted molar refractivity (Wildman–Crippen MR) is 120 cm³/mol. The Labute approximate surface area is 182 Å².